The second-order valence-electron chi connectivity index (χ2n) is 4.63. The first-order valence-electron chi connectivity index (χ1n) is 6.76. The van der Waals surface area contributed by atoms with Crippen molar-refractivity contribution in [3.8, 4) is 17.2 Å². The highest BCUT2D eigenvalue weighted by Crippen LogP contribution is 2.31. The summed E-state index contributed by atoms with van der Waals surface area (Å²) in [4.78, 5) is 1.04. The maximum atomic E-state index is 12.1. The van der Waals surface area contributed by atoms with Crippen LogP contribution in [-0.2, 0) is 6.54 Å². The topological polar surface area (TPSA) is 30.5 Å². The molecule has 0 aromatic heterocycles. The fraction of sp³-hybridized carbons (Fsp3) is 0.250. The summed E-state index contributed by atoms with van der Waals surface area (Å²) in [6.45, 7) is 0.624. The van der Waals surface area contributed by atoms with Gasteiger partial charge in [0.25, 0.3) is 0 Å². The van der Waals surface area contributed by atoms with Crippen molar-refractivity contribution in [1.82, 2.24) is 5.32 Å². The molecule has 0 amide bonds. The van der Waals surface area contributed by atoms with Crippen molar-refractivity contribution in [2.75, 3.05) is 13.3 Å². The molecular formula is C16H16F3NO2S. The highest BCUT2D eigenvalue weighted by molar-refractivity contribution is 7.98. The maximum Gasteiger partial charge on any atom is 0.573 e. The van der Waals surface area contributed by atoms with Gasteiger partial charge in [0.1, 0.15) is 17.2 Å². The van der Waals surface area contributed by atoms with Gasteiger partial charge >= 0.3 is 6.36 Å². The van der Waals surface area contributed by atoms with Crippen molar-refractivity contribution in [3.05, 3.63) is 48.0 Å². The van der Waals surface area contributed by atoms with Gasteiger partial charge in [-0.05, 0) is 49.7 Å². The Kier molecular flexibility index (Phi) is 5.79. The molecule has 124 valence electrons. The predicted molar refractivity (Wildman–Crippen MR) is 84.2 cm³/mol. The molecule has 2 rings (SSSR count). The standard InChI is InChI=1S/C16H16F3NO2S/c1-20-10-11-3-8-14(23-2)9-15(11)21-12-4-6-13(7-5-12)22-16(17,18)19/h3-9,20H,10H2,1-2H3. The van der Waals surface area contributed by atoms with E-state index in [0.29, 0.717) is 18.0 Å². The second-order valence-corrected chi connectivity index (χ2v) is 5.50. The molecule has 0 saturated carbocycles. The van der Waals surface area contributed by atoms with Crippen LogP contribution in [0.3, 0.4) is 0 Å². The number of nitrogens with one attached hydrogen (secondary N) is 1. The van der Waals surface area contributed by atoms with Crippen molar-refractivity contribution < 1.29 is 22.6 Å². The molecule has 0 radical (unpaired) electrons. The van der Waals surface area contributed by atoms with E-state index in [4.69, 9.17) is 4.74 Å². The van der Waals surface area contributed by atoms with E-state index in [1.807, 2.05) is 31.5 Å². The lowest BCUT2D eigenvalue weighted by Gasteiger charge is -2.13. The normalized spacial score (nSPS) is 11.3. The Hall–Kier alpha value is -1.86. The third kappa shape index (κ3) is 5.37. The van der Waals surface area contributed by atoms with Gasteiger partial charge in [-0.1, -0.05) is 6.07 Å². The second kappa shape index (κ2) is 7.61. The van der Waals surface area contributed by atoms with Crippen LogP contribution in [0.4, 0.5) is 13.2 Å². The average molecular weight is 343 g/mol. The lowest BCUT2D eigenvalue weighted by molar-refractivity contribution is -0.274. The summed E-state index contributed by atoms with van der Waals surface area (Å²) in [6, 6.07) is 11.2. The summed E-state index contributed by atoms with van der Waals surface area (Å²) in [5.74, 6) is 0.823. The molecule has 0 bridgehead atoms. The molecule has 0 saturated heterocycles. The van der Waals surface area contributed by atoms with E-state index in [-0.39, 0.29) is 5.75 Å². The molecule has 0 fully saturated rings. The van der Waals surface area contributed by atoms with Crippen LogP contribution in [0.25, 0.3) is 0 Å². The smallest absolute Gasteiger partial charge is 0.457 e. The number of benzene rings is 2. The van der Waals surface area contributed by atoms with E-state index >= 15 is 0 Å². The van der Waals surface area contributed by atoms with E-state index in [2.05, 4.69) is 10.1 Å². The molecule has 0 unspecified atom stereocenters. The van der Waals surface area contributed by atoms with Crippen LogP contribution in [0.2, 0.25) is 0 Å². The van der Waals surface area contributed by atoms with Gasteiger partial charge < -0.3 is 14.8 Å². The van der Waals surface area contributed by atoms with Crippen LogP contribution in [0.1, 0.15) is 5.56 Å². The number of rotatable bonds is 6. The quantitative estimate of drug-likeness (QED) is 0.762. The lowest BCUT2D eigenvalue weighted by atomic mass is 10.2. The van der Waals surface area contributed by atoms with Gasteiger partial charge in [0.05, 0.1) is 0 Å². The molecule has 2 aromatic carbocycles. The molecule has 0 aliphatic rings. The molecule has 7 heteroatoms. The summed E-state index contributed by atoms with van der Waals surface area (Å²) in [5, 5.41) is 3.05. The number of halogens is 3. The van der Waals surface area contributed by atoms with Crippen LogP contribution in [0, 0.1) is 0 Å². The molecule has 0 aliphatic heterocycles. The van der Waals surface area contributed by atoms with Gasteiger partial charge in [-0.15, -0.1) is 24.9 Å². The Morgan fingerprint density at radius 3 is 2.26 bits per heavy atom. The summed E-state index contributed by atoms with van der Waals surface area (Å²) < 4.78 is 46.1. The van der Waals surface area contributed by atoms with Crippen LogP contribution < -0.4 is 14.8 Å². The summed E-state index contributed by atoms with van der Waals surface area (Å²) in [6.07, 6.45) is -2.74. The molecule has 1 N–H and O–H groups in total. The molecule has 0 heterocycles. The first-order chi connectivity index (χ1) is 10.9. The number of hydrogen-bond acceptors (Lipinski definition) is 4. The van der Waals surface area contributed by atoms with Crippen LogP contribution in [0.15, 0.2) is 47.4 Å². The van der Waals surface area contributed by atoms with Gasteiger partial charge in [-0.2, -0.15) is 0 Å². The zero-order valence-electron chi connectivity index (χ0n) is 12.6. The monoisotopic (exact) mass is 343 g/mol. The first kappa shape index (κ1) is 17.5. The fourth-order valence-electron chi connectivity index (χ4n) is 1.93. The first-order valence-corrected chi connectivity index (χ1v) is 7.99. The highest BCUT2D eigenvalue weighted by Gasteiger charge is 2.30. The van der Waals surface area contributed by atoms with E-state index in [1.54, 1.807) is 11.8 Å². The molecule has 23 heavy (non-hydrogen) atoms. The largest absolute Gasteiger partial charge is 0.573 e. The Labute approximate surface area is 136 Å². The van der Waals surface area contributed by atoms with Gasteiger partial charge in [0, 0.05) is 17.0 Å². The summed E-state index contributed by atoms with van der Waals surface area (Å²) in [5.41, 5.74) is 0.959. The van der Waals surface area contributed by atoms with E-state index in [0.717, 1.165) is 10.5 Å². The maximum absolute atomic E-state index is 12.1. The Morgan fingerprint density at radius 1 is 1.04 bits per heavy atom. The SMILES string of the molecule is CNCc1ccc(SC)cc1Oc1ccc(OC(F)(F)F)cc1. The van der Waals surface area contributed by atoms with Crippen molar-refractivity contribution in [3.63, 3.8) is 0 Å². The van der Waals surface area contributed by atoms with Crippen molar-refractivity contribution in [2.24, 2.45) is 0 Å². The van der Waals surface area contributed by atoms with Crippen molar-refractivity contribution in [2.45, 2.75) is 17.8 Å². The Bertz CT molecular complexity index is 645. The molecule has 0 spiro atoms. The van der Waals surface area contributed by atoms with Gasteiger partial charge in [0.15, 0.2) is 0 Å². The summed E-state index contributed by atoms with van der Waals surface area (Å²) in [7, 11) is 1.83. The molecule has 3 nitrogen and oxygen atoms in total. The van der Waals surface area contributed by atoms with Gasteiger partial charge in [0.2, 0.25) is 0 Å². The number of alkyl halides is 3. The number of thioether (sulfide) groups is 1. The van der Waals surface area contributed by atoms with Crippen LogP contribution in [-0.4, -0.2) is 19.7 Å². The summed E-state index contributed by atoms with van der Waals surface area (Å²) >= 11 is 1.58. The van der Waals surface area contributed by atoms with Gasteiger partial charge in [-0.25, -0.2) is 0 Å². The molecular weight excluding hydrogens is 327 g/mol. The van der Waals surface area contributed by atoms with E-state index in [9.17, 15) is 13.2 Å². The van der Waals surface area contributed by atoms with Crippen molar-refractivity contribution >= 4 is 11.8 Å². The van der Waals surface area contributed by atoms with Crippen LogP contribution >= 0.6 is 11.8 Å². The molecule has 0 aliphatic carbocycles. The molecule has 2 aromatic rings. The third-order valence-electron chi connectivity index (χ3n) is 2.93. The number of hydrogen-bond donors (Lipinski definition) is 1. The lowest BCUT2D eigenvalue weighted by Crippen LogP contribution is -2.16. The van der Waals surface area contributed by atoms with Crippen LogP contribution in [0.5, 0.6) is 17.2 Å². The minimum Gasteiger partial charge on any atom is -0.457 e. The van der Waals surface area contributed by atoms with Crippen molar-refractivity contribution in [1.29, 1.82) is 0 Å². The third-order valence-corrected chi connectivity index (χ3v) is 3.65. The predicted octanol–water partition coefficient (Wildman–Crippen LogP) is 4.82. The van der Waals surface area contributed by atoms with E-state index < -0.39 is 6.36 Å². The number of ether oxygens (including phenoxy) is 2. The minimum absolute atomic E-state index is 0.279. The Morgan fingerprint density at radius 2 is 1.70 bits per heavy atom. The fourth-order valence-corrected chi connectivity index (χ4v) is 2.36. The zero-order chi connectivity index (χ0) is 16.9. The van der Waals surface area contributed by atoms with E-state index in [1.165, 1.54) is 24.3 Å². The highest BCUT2D eigenvalue weighted by atomic mass is 32.2. The Balaban J connectivity index is 2.18. The average Bonchev–Trinajstić information content (AvgIpc) is 2.49. The minimum atomic E-state index is -4.70. The molecule has 0 atom stereocenters. The van der Waals surface area contributed by atoms with Gasteiger partial charge in [-0.3, -0.25) is 0 Å². The zero-order valence-corrected chi connectivity index (χ0v) is 13.4.